The van der Waals surface area contributed by atoms with Crippen LogP contribution >= 0.6 is 11.8 Å². The van der Waals surface area contributed by atoms with Crippen molar-refractivity contribution in [3.8, 4) is 5.88 Å². The number of nitrogen functional groups attached to an aromatic ring is 1. The van der Waals surface area contributed by atoms with Gasteiger partial charge in [0.1, 0.15) is 23.8 Å². The standard InChI is InChI=1S/C20H26N4O3S.C7H14N2O.C3H7N.C2H6.CH2O/c1-22-17-8-9-19(27-11-10-16(25)12-26-3)24-20(17)28-13-18(23-2)14-4-6-15(21)7-5-14;1-7(2,3)5-4-6(8)9-10-5;4-3-1-2-3;2*1-2/h4-9,13,16,22,25H,2,10-12,21H2,1,3H3;5H,4H2,1-3H3,(H2,8,9);3H,1-2,4H2;1-2H3;1H2/b18-13-;;;;. The molecular weight excluding hydrogens is 606 g/mol. The maximum Gasteiger partial charge on any atom is 0.214 e. The number of hydrogen-bond acceptors (Lipinski definition) is 13. The van der Waals surface area contributed by atoms with Crippen LogP contribution in [0.25, 0.3) is 5.70 Å². The Morgan fingerprint density at radius 1 is 1.20 bits per heavy atom. The van der Waals surface area contributed by atoms with E-state index in [4.69, 9.17) is 36.3 Å². The smallest absolute Gasteiger partial charge is 0.214 e. The number of nitrogens with two attached hydrogens (primary N) is 3. The number of aliphatic hydroxyl groups is 1. The molecule has 13 heteroatoms. The molecule has 1 saturated carbocycles. The number of thioether (sulfide) groups is 1. The van der Waals surface area contributed by atoms with Crippen LogP contribution in [0.3, 0.4) is 0 Å². The third-order valence-corrected chi connectivity index (χ3v) is 6.98. The van der Waals surface area contributed by atoms with Crippen LogP contribution in [0.15, 0.2) is 57.0 Å². The van der Waals surface area contributed by atoms with E-state index in [0.29, 0.717) is 36.5 Å². The third-order valence-electron chi connectivity index (χ3n) is 6.10. The monoisotopic (exact) mass is 661 g/mol. The first-order valence-electron chi connectivity index (χ1n) is 15.2. The number of aromatic nitrogens is 1. The fraction of sp³-hybridized carbons (Fsp3) is 0.515. The van der Waals surface area contributed by atoms with Crippen LogP contribution < -0.4 is 27.3 Å². The molecule has 0 bridgehead atoms. The molecule has 4 rings (SSSR count). The summed E-state index contributed by atoms with van der Waals surface area (Å²) in [5.74, 6) is 1.10. The summed E-state index contributed by atoms with van der Waals surface area (Å²) in [6.07, 6.45) is 3.36. The van der Waals surface area contributed by atoms with Crippen molar-refractivity contribution >= 4 is 48.2 Å². The van der Waals surface area contributed by atoms with Crippen molar-refractivity contribution in [1.82, 2.24) is 4.98 Å². The highest BCUT2D eigenvalue weighted by atomic mass is 32.2. The Hall–Kier alpha value is -3.65. The van der Waals surface area contributed by atoms with Gasteiger partial charge in [-0.05, 0) is 37.8 Å². The van der Waals surface area contributed by atoms with Crippen LogP contribution in [-0.2, 0) is 14.4 Å². The molecule has 1 aliphatic carbocycles. The van der Waals surface area contributed by atoms with Crippen LogP contribution in [-0.4, -0.2) is 75.1 Å². The van der Waals surface area contributed by atoms with Crippen LogP contribution in [0.1, 0.15) is 65.9 Å². The molecule has 0 spiro atoms. The number of aliphatic hydroxyl groups excluding tert-OH is 1. The summed E-state index contributed by atoms with van der Waals surface area (Å²) < 4.78 is 10.6. The molecule has 2 atom stereocenters. The molecule has 46 heavy (non-hydrogen) atoms. The SMILES string of the molecule is C=N/C(=C\Sc1nc(OCCC(O)COC)ccc1NC)c1ccc(N)cc1.C=O.CC.CC(C)(C)C1CC(N)=NO1.NC1CC1. The largest absolute Gasteiger partial charge is 0.478 e. The van der Waals surface area contributed by atoms with Gasteiger partial charge in [0.25, 0.3) is 0 Å². The summed E-state index contributed by atoms with van der Waals surface area (Å²) in [6.45, 7) is 16.6. The Kier molecular flexibility index (Phi) is 21.8. The Morgan fingerprint density at radius 3 is 2.24 bits per heavy atom. The Morgan fingerprint density at radius 2 is 1.80 bits per heavy atom. The van der Waals surface area contributed by atoms with Crippen LogP contribution in [0, 0.1) is 5.41 Å². The first kappa shape index (κ1) is 42.3. The maximum absolute atomic E-state index is 9.69. The fourth-order valence-corrected chi connectivity index (χ4v) is 4.15. The first-order valence-corrected chi connectivity index (χ1v) is 16.0. The van der Waals surface area contributed by atoms with Gasteiger partial charge in [0.05, 0.1) is 30.7 Å². The fourth-order valence-electron chi connectivity index (χ4n) is 3.28. The van der Waals surface area contributed by atoms with E-state index in [0.717, 1.165) is 28.4 Å². The number of nitrogens with zero attached hydrogens (tertiary/aromatic N) is 3. The number of ether oxygens (including phenoxy) is 2. The van der Waals surface area contributed by atoms with E-state index < -0.39 is 6.10 Å². The average Bonchev–Trinajstić information content (AvgIpc) is 3.70. The van der Waals surface area contributed by atoms with Gasteiger partial charge in [0.2, 0.25) is 5.88 Å². The van der Waals surface area contributed by atoms with E-state index >= 15 is 0 Å². The highest BCUT2D eigenvalue weighted by Crippen LogP contribution is 2.31. The second-order valence-electron chi connectivity index (χ2n) is 11.0. The number of anilines is 2. The summed E-state index contributed by atoms with van der Waals surface area (Å²) in [5, 5.41) is 19.1. The van der Waals surface area contributed by atoms with E-state index in [1.165, 1.54) is 24.6 Å². The minimum atomic E-state index is -0.556. The number of pyridine rings is 1. The van der Waals surface area contributed by atoms with Crippen molar-refractivity contribution in [1.29, 1.82) is 0 Å². The zero-order valence-electron chi connectivity index (χ0n) is 28.5. The van der Waals surface area contributed by atoms with Crippen molar-refractivity contribution in [3.05, 3.63) is 47.4 Å². The number of rotatable bonds is 11. The van der Waals surface area contributed by atoms with Crippen molar-refractivity contribution < 1.29 is 24.2 Å². The first-order chi connectivity index (χ1) is 22.0. The Labute approximate surface area is 279 Å². The summed E-state index contributed by atoms with van der Waals surface area (Å²) in [6, 6.07) is 11.7. The van der Waals surface area contributed by atoms with Gasteiger partial charge in [-0.2, -0.15) is 0 Å². The van der Waals surface area contributed by atoms with E-state index in [1.807, 2.05) is 63.4 Å². The quantitative estimate of drug-likeness (QED) is 0.119. The summed E-state index contributed by atoms with van der Waals surface area (Å²) >= 11 is 1.42. The topological polar surface area (TPSA) is 193 Å². The van der Waals surface area contributed by atoms with E-state index in [1.54, 1.807) is 13.2 Å². The lowest BCUT2D eigenvalue weighted by Crippen LogP contribution is -2.27. The molecule has 0 saturated heterocycles. The van der Waals surface area contributed by atoms with Gasteiger partial charge in [0, 0.05) is 61.2 Å². The molecule has 2 unspecified atom stereocenters. The number of nitrogens with one attached hydrogen (secondary N) is 1. The van der Waals surface area contributed by atoms with Crippen LogP contribution in [0.4, 0.5) is 11.4 Å². The molecule has 2 aromatic rings. The van der Waals surface area contributed by atoms with E-state index in [9.17, 15) is 5.11 Å². The summed E-state index contributed by atoms with van der Waals surface area (Å²) in [7, 11) is 3.38. The second-order valence-corrected chi connectivity index (χ2v) is 11.8. The third kappa shape index (κ3) is 17.7. The van der Waals surface area contributed by atoms with Crippen LogP contribution in [0.5, 0.6) is 5.88 Å². The normalized spacial score (nSPS) is 15.7. The summed E-state index contributed by atoms with van der Waals surface area (Å²) in [4.78, 5) is 21.7. The molecule has 1 aromatic heterocycles. The average molecular weight is 662 g/mol. The van der Waals surface area contributed by atoms with Gasteiger partial charge in [0.15, 0.2) is 0 Å². The van der Waals surface area contributed by atoms with Gasteiger partial charge in [-0.3, -0.25) is 4.99 Å². The predicted molar refractivity (Wildman–Crippen MR) is 192 cm³/mol. The molecule has 1 aliphatic heterocycles. The Balaban J connectivity index is 0.000000913. The van der Waals surface area contributed by atoms with Gasteiger partial charge in [-0.15, -0.1) is 0 Å². The minimum Gasteiger partial charge on any atom is -0.478 e. The minimum absolute atomic E-state index is 0.143. The number of methoxy groups -OCH3 is 1. The number of hydrogen-bond donors (Lipinski definition) is 5. The number of carbonyl (C=O) groups excluding carboxylic acids is 1. The predicted octanol–water partition coefficient (Wildman–Crippen LogP) is 5.32. The van der Waals surface area contributed by atoms with E-state index in [2.05, 4.69) is 47.9 Å². The van der Waals surface area contributed by atoms with Gasteiger partial charge < -0.3 is 46.7 Å². The molecule has 2 heterocycles. The lowest BCUT2D eigenvalue weighted by molar-refractivity contribution is -0.0980. The molecular formula is C33H55N7O5S. The van der Waals surface area contributed by atoms with Crippen molar-refractivity contribution in [2.45, 2.75) is 83.6 Å². The second kappa shape index (κ2) is 23.7. The molecule has 0 amide bonds. The van der Waals surface area contributed by atoms with Gasteiger partial charge in [-0.1, -0.05) is 63.7 Å². The Bertz CT molecular complexity index is 1190. The molecule has 258 valence electrons. The summed E-state index contributed by atoms with van der Waals surface area (Å²) in [5.41, 5.74) is 19.8. The molecule has 12 nitrogen and oxygen atoms in total. The van der Waals surface area contributed by atoms with E-state index in [-0.39, 0.29) is 18.1 Å². The molecule has 2 aliphatic rings. The zero-order chi connectivity index (χ0) is 35.1. The highest BCUT2D eigenvalue weighted by molar-refractivity contribution is 8.02. The number of carbonyl (C=O) groups is 1. The molecule has 8 N–H and O–H groups in total. The highest BCUT2D eigenvalue weighted by Gasteiger charge is 2.31. The van der Waals surface area contributed by atoms with Crippen LogP contribution in [0.2, 0.25) is 0 Å². The number of amidine groups is 1. The van der Waals surface area contributed by atoms with Gasteiger partial charge in [-0.25, -0.2) is 4.98 Å². The lowest BCUT2D eigenvalue weighted by Gasteiger charge is -2.23. The van der Waals surface area contributed by atoms with Crippen molar-refractivity contribution in [2.75, 3.05) is 38.4 Å². The number of aliphatic imine (C=N–C) groups is 1. The lowest BCUT2D eigenvalue weighted by atomic mass is 9.87. The van der Waals surface area contributed by atoms with Crippen molar-refractivity contribution in [3.63, 3.8) is 0 Å². The molecule has 0 radical (unpaired) electrons. The maximum atomic E-state index is 9.69. The van der Waals surface area contributed by atoms with Crippen molar-refractivity contribution in [2.24, 2.45) is 27.0 Å². The zero-order valence-corrected chi connectivity index (χ0v) is 29.3. The number of benzene rings is 1. The number of oxime groups is 1. The molecule has 1 aromatic carbocycles. The van der Waals surface area contributed by atoms with Gasteiger partial charge >= 0.3 is 0 Å². The molecule has 1 fully saturated rings.